The molecule has 5 nitrogen and oxygen atoms in total. The third kappa shape index (κ3) is 2.32. The Labute approximate surface area is 97.1 Å². The highest BCUT2D eigenvalue weighted by Gasteiger charge is 2.15. The van der Waals surface area contributed by atoms with Gasteiger partial charge in [-0.05, 0) is 18.6 Å². The van der Waals surface area contributed by atoms with E-state index in [0.717, 1.165) is 0 Å². The molecule has 2 rings (SSSR count). The van der Waals surface area contributed by atoms with E-state index in [-0.39, 0.29) is 24.1 Å². The van der Waals surface area contributed by atoms with Crippen LogP contribution >= 0.6 is 0 Å². The highest BCUT2D eigenvalue weighted by atomic mass is 19.1. The predicted octanol–water partition coefficient (Wildman–Crippen LogP) is 1.18. The first-order valence-corrected chi connectivity index (χ1v) is 5.10. The van der Waals surface area contributed by atoms with Crippen molar-refractivity contribution in [2.24, 2.45) is 5.73 Å². The lowest BCUT2D eigenvalue weighted by atomic mass is 10.1. The molecule has 1 heterocycles. The highest BCUT2D eigenvalue weighted by molar-refractivity contribution is 5.54. The molecular weight excluding hydrogens is 225 g/mol. The Morgan fingerprint density at radius 3 is 2.94 bits per heavy atom. The number of aliphatic hydroxyl groups excluding tert-OH is 1. The Hall–Kier alpha value is -1.79. The number of benzene rings is 1. The van der Waals surface area contributed by atoms with Crippen molar-refractivity contribution < 1.29 is 14.0 Å². The molecule has 1 unspecified atom stereocenters. The first kappa shape index (κ1) is 11.7. The van der Waals surface area contributed by atoms with E-state index in [0.29, 0.717) is 11.1 Å². The van der Waals surface area contributed by atoms with E-state index in [4.69, 9.17) is 10.3 Å². The second-order valence-corrected chi connectivity index (χ2v) is 3.67. The SMILES string of the molecule is Cc1ccc(-c2noc(C(O)CN)n2)cc1F. The van der Waals surface area contributed by atoms with Crippen molar-refractivity contribution in [1.82, 2.24) is 10.1 Å². The van der Waals surface area contributed by atoms with Gasteiger partial charge in [0.2, 0.25) is 5.82 Å². The van der Waals surface area contributed by atoms with Gasteiger partial charge in [-0.15, -0.1) is 0 Å². The Balaban J connectivity index is 2.33. The number of aliphatic hydroxyl groups is 1. The van der Waals surface area contributed by atoms with E-state index in [1.165, 1.54) is 6.07 Å². The molecule has 90 valence electrons. The van der Waals surface area contributed by atoms with Crippen LogP contribution in [0.15, 0.2) is 22.7 Å². The second-order valence-electron chi connectivity index (χ2n) is 3.67. The maximum atomic E-state index is 13.3. The Kier molecular flexibility index (Phi) is 3.16. The standard InChI is InChI=1S/C11H12FN3O2/c1-6-2-3-7(4-8(6)12)10-14-11(17-15-10)9(16)5-13/h2-4,9,16H,5,13H2,1H3. The topological polar surface area (TPSA) is 85.2 Å². The van der Waals surface area contributed by atoms with Gasteiger partial charge in [-0.2, -0.15) is 4.98 Å². The van der Waals surface area contributed by atoms with Gasteiger partial charge in [-0.25, -0.2) is 4.39 Å². The van der Waals surface area contributed by atoms with Crippen molar-refractivity contribution in [1.29, 1.82) is 0 Å². The average molecular weight is 237 g/mol. The van der Waals surface area contributed by atoms with Gasteiger partial charge >= 0.3 is 0 Å². The molecule has 0 spiro atoms. The van der Waals surface area contributed by atoms with Crippen LogP contribution in [0.25, 0.3) is 11.4 Å². The molecule has 0 aliphatic carbocycles. The molecule has 0 saturated carbocycles. The minimum Gasteiger partial charge on any atom is -0.382 e. The first-order chi connectivity index (χ1) is 8.11. The molecule has 3 N–H and O–H groups in total. The molecule has 0 aliphatic rings. The van der Waals surface area contributed by atoms with Gasteiger partial charge in [0.25, 0.3) is 5.89 Å². The molecule has 2 aromatic rings. The summed E-state index contributed by atoms with van der Waals surface area (Å²) in [5.74, 6) is -0.0805. The van der Waals surface area contributed by atoms with Gasteiger partial charge in [0.05, 0.1) is 0 Å². The number of aryl methyl sites for hydroxylation is 1. The molecule has 0 amide bonds. The van der Waals surface area contributed by atoms with Gasteiger partial charge in [0, 0.05) is 12.1 Å². The van der Waals surface area contributed by atoms with Gasteiger partial charge in [-0.3, -0.25) is 0 Å². The zero-order valence-corrected chi connectivity index (χ0v) is 9.22. The lowest BCUT2D eigenvalue weighted by molar-refractivity contribution is 0.141. The summed E-state index contributed by atoms with van der Waals surface area (Å²) in [4.78, 5) is 3.95. The fourth-order valence-corrected chi connectivity index (χ4v) is 1.32. The van der Waals surface area contributed by atoms with E-state index in [9.17, 15) is 9.50 Å². The van der Waals surface area contributed by atoms with Crippen molar-refractivity contribution in [3.8, 4) is 11.4 Å². The third-order valence-electron chi connectivity index (χ3n) is 2.38. The Morgan fingerprint density at radius 2 is 2.29 bits per heavy atom. The Bertz CT molecular complexity index is 527. The summed E-state index contributed by atoms with van der Waals surface area (Å²) in [7, 11) is 0. The molecule has 17 heavy (non-hydrogen) atoms. The van der Waals surface area contributed by atoms with Crippen molar-refractivity contribution in [3.63, 3.8) is 0 Å². The van der Waals surface area contributed by atoms with E-state index in [1.807, 2.05) is 0 Å². The third-order valence-corrected chi connectivity index (χ3v) is 2.38. The van der Waals surface area contributed by atoms with Gasteiger partial charge in [0.1, 0.15) is 11.9 Å². The molecule has 0 bridgehead atoms. The smallest absolute Gasteiger partial charge is 0.257 e. The van der Waals surface area contributed by atoms with Crippen LogP contribution in [0.2, 0.25) is 0 Å². The largest absolute Gasteiger partial charge is 0.382 e. The van der Waals surface area contributed by atoms with Crippen molar-refractivity contribution in [2.75, 3.05) is 6.54 Å². The molecule has 6 heteroatoms. The summed E-state index contributed by atoms with van der Waals surface area (Å²) in [6.45, 7) is 1.66. The van der Waals surface area contributed by atoms with Crippen molar-refractivity contribution in [2.45, 2.75) is 13.0 Å². The molecule has 0 aliphatic heterocycles. The number of rotatable bonds is 3. The summed E-state index contributed by atoms with van der Waals surface area (Å²) < 4.78 is 18.2. The molecule has 1 aromatic heterocycles. The fraction of sp³-hybridized carbons (Fsp3) is 0.273. The number of hydrogen-bond acceptors (Lipinski definition) is 5. The van der Waals surface area contributed by atoms with E-state index in [1.54, 1.807) is 19.1 Å². The van der Waals surface area contributed by atoms with E-state index >= 15 is 0 Å². The number of nitrogens with zero attached hydrogens (tertiary/aromatic N) is 2. The van der Waals surface area contributed by atoms with Gasteiger partial charge < -0.3 is 15.4 Å². The maximum absolute atomic E-state index is 13.3. The normalized spacial score (nSPS) is 12.7. The van der Waals surface area contributed by atoms with Crippen molar-refractivity contribution in [3.05, 3.63) is 35.5 Å². The molecule has 1 atom stereocenters. The maximum Gasteiger partial charge on any atom is 0.257 e. The Morgan fingerprint density at radius 1 is 1.53 bits per heavy atom. The number of halogens is 1. The molecule has 0 fully saturated rings. The zero-order chi connectivity index (χ0) is 12.4. The number of nitrogens with two attached hydrogens (primary N) is 1. The van der Waals surface area contributed by atoms with Crippen LogP contribution in [0, 0.1) is 12.7 Å². The molecule has 0 saturated heterocycles. The van der Waals surface area contributed by atoms with Crippen LogP contribution in [-0.4, -0.2) is 21.8 Å². The van der Waals surface area contributed by atoms with Crippen LogP contribution in [0.3, 0.4) is 0 Å². The summed E-state index contributed by atoms with van der Waals surface area (Å²) in [6.07, 6.45) is -0.994. The van der Waals surface area contributed by atoms with Crippen molar-refractivity contribution >= 4 is 0 Å². The summed E-state index contributed by atoms with van der Waals surface area (Å²) in [5.41, 5.74) is 6.29. The molecular formula is C11H12FN3O2. The predicted molar refractivity (Wildman–Crippen MR) is 58.4 cm³/mol. The molecule has 0 radical (unpaired) electrons. The van der Waals surface area contributed by atoms with Crippen LogP contribution in [0.1, 0.15) is 17.6 Å². The first-order valence-electron chi connectivity index (χ1n) is 5.10. The lowest BCUT2D eigenvalue weighted by Crippen LogP contribution is -2.11. The van der Waals surface area contributed by atoms with Crippen LogP contribution in [-0.2, 0) is 0 Å². The highest BCUT2D eigenvalue weighted by Crippen LogP contribution is 2.20. The second kappa shape index (κ2) is 4.60. The summed E-state index contributed by atoms with van der Waals surface area (Å²) >= 11 is 0. The quantitative estimate of drug-likeness (QED) is 0.837. The number of hydrogen-bond donors (Lipinski definition) is 2. The lowest BCUT2D eigenvalue weighted by Gasteiger charge is -1.99. The summed E-state index contributed by atoms with van der Waals surface area (Å²) in [6, 6.07) is 4.63. The van der Waals surface area contributed by atoms with Crippen LogP contribution < -0.4 is 5.73 Å². The average Bonchev–Trinajstić information content (AvgIpc) is 2.81. The van der Waals surface area contributed by atoms with E-state index < -0.39 is 6.10 Å². The number of aromatic nitrogens is 2. The fourth-order valence-electron chi connectivity index (χ4n) is 1.32. The van der Waals surface area contributed by atoms with Gasteiger partial charge in [0.15, 0.2) is 0 Å². The minimum absolute atomic E-state index is 0.0100. The minimum atomic E-state index is -0.994. The van der Waals surface area contributed by atoms with Gasteiger partial charge in [-0.1, -0.05) is 17.3 Å². The summed E-state index contributed by atoms with van der Waals surface area (Å²) in [5, 5.41) is 13.1. The zero-order valence-electron chi connectivity index (χ0n) is 9.22. The van der Waals surface area contributed by atoms with E-state index in [2.05, 4.69) is 10.1 Å². The van der Waals surface area contributed by atoms with Crippen LogP contribution in [0.5, 0.6) is 0 Å². The molecule has 1 aromatic carbocycles. The monoisotopic (exact) mass is 237 g/mol. The van der Waals surface area contributed by atoms with Crippen LogP contribution in [0.4, 0.5) is 4.39 Å².